The number of sulfonamides is 1. The van der Waals surface area contributed by atoms with Crippen LogP contribution in [0.4, 0.5) is 5.69 Å². The molecule has 0 saturated carbocycles. The Hall–Kier alpha value is -1.24. The van der Waals surface area contributed by atoms with Crippen LogP contribution in [0.5, 0.6) is 5.75 Å². The second-order valence-corrected chi connectivity index (χ2v) is 7.16. The zero-order valence-corrected chi connectivity index (χ0v) is 13.6. The smallest absolute Gasteiger partial charge is 0.263 e. The van der Waals surface area contributed by atoms with Gasteiger partial charge in [0.2, 0.25) is 0 Å². The van der Waals surface area contributed by atoms with E-state index in [4.69, 9.17) is 11.6 Å². The summed E-state index contributed by atoms with van der Waals surface area (Å²) in [5.74, 6) is 0.0205. The first-order chi connectivity index (χ1) is 9.29. The molecule has 0 unspecified atom stereocenters. The van der Waals surface area contributed by atoms with Crippen molar-refractivity contribution in [3.05, 3.63) is 51.5 Å². The second kappa shape index (κ2) is 5.63. The fourth-order valence-corrected chi connectivity index (χ4v) is 3.66. The van der Waals surface area contributed by atoms with E-state index in [0.717, 1.165) is 0 Å². The lowest BCUT2D eigenvalue weighted by molar-refractivity contribution is 0.471. The first-order valence-corrected chi connectivity index (χ1v) is 8.22. The Labute approximate surface area is 130 Å². The van der Waals surface area contributed by atoms with E-state index in [0.29, 0.717) is 10.0 Å². The maximum Gasteiger partial charge on any atom is 0.263 e. The van der Waals surface area contributed by atoms with Gasteiger partial charge in [-0.2, -0.15) is 0 Å². The van der Waals surface area contributed by atoms with Crippen molar-refractivity contribution in [1.82, 2.24) is 0 Å². The van der Waals surface area contributed by atoms with Crippen LogP contribution in [-0.4, -0.2) is 13.5 Å². The average Bonchev–Trinajstić information content (AvgIpc) is 2.33. The van der Waals surface area contributed by atoms with E-state index in [-0.39, 0.29) is 21.4 Å². The average molecular weight is 377 g/mol. The Morgan fingerprint density at radius 2 is 1.90 bits per heavy atom. The normalized spacial score (nSPS) is 11.3. The van der Waals surface area contributed by atoms with Gasteiger partial charge in [-0.25, -0.2) is 8.42 Å². The highest BCUT2D eigenvalue weighted by Crippen LogP contribution is 2.28. The predicted octanol–water partition coefficient (Wildman–Crippen LogP) is 3.92. The van der Waals surface area contributed by atoms with Gasteiger partial charge in [0.1, 0.15) is 10.6 Å². The molecule has 0 spiro atoms. The highest BCUT2D eigenvalue weighted by Gasteiger charge is 2.18. The molecule has 20 heavy (non-hydrogen) atoms. The fraction of sp³-hybridized carbons (Fsp3) is 0.0769. The lowest BCUT2D eigenvalue weighted by Crippen LogP contribution is -2.13. The van der Waals surface area contributed by atoms with Gasteiger partial charge in [0.25, 0.3) is 10.0 Å². The van der Waals surface area contributed by atoms with E-state index in [1.54, 1.807) is 25.1 Å². The van der Waals surface area contributed by atoms with Crippen LogP contribution in [0.25, 0.3) is 0 Å². The fourth-order valence-electron chi connectivity index (χ4n) is 1.58. The van der Waals surface area contributed by atoms with E-state index in [2.05, 4.69) is 20.7 Å². The number of hydrogen-bond acceptors (Lipinski definition) is 3. The molecule has 0 aliphatic heterocycles. The van der Waals surface area contributed by atoms with Crippen molar-refractivity contribution in [1.29, 1.82) is 0 Å². The quantitative estimate of drug-likeness (QED) is 0.853. The Morgan fingerprint density at radius 3 is 2.50 bits per heavy atom. The van der Waals surface area contributed by atoms with Crippen molar-refractivity contribution >= 4 is 43.2 Å². The number of halogens is 2. The number of anilines is 1. The summed E-state index contributed by atoms with van der Waals surface area (Å²) >= 11 is 9.15. The molecule has 106 valence electrons. The van der Waals surface area contributed by atoms with Crippen LogP contribution in [-0.2, 0) is 10.0 Å². The standard InChI is InChI=1S/C13H11BrClNO3S/c1-8-2-4-10(7-12(8)17)16-20(18,19)13-5-3-9(14)6-11(13)15/h2-7,16-17H,1H3. The third kappa shape index (κ3) is 3.26. The number of hydrogen-bond donors (Lipinski definition) is 2. The molecule has 0 radical (unpaired) electrons. The summed E-state index contributed by atoms with van der Waals surface area (Å²) < 4.78 is 27.5. The van der Waals surface area contributed by atoms with Gasteiger partial charge in [-0.15, -0.1) is 0 Å². The molecule has 0 atom stereocenters. The van der Waals surface area contributed by atoms with Crippen molar-refractivity contribution in [2.45, 2.75) is 11.8 Å². The zero-order valence-electron chi connectivity index (χ0n) is 10.4. The van der Waals surface area contributed by atoms with Gasteiger partial charge in [0.05, 0.1) is 10.7 Å². The number of benzene rings is 2. The monoisotopic (exact) mass is 375 g/mol. The van der Waals surface area contributed by atoms with E-state index in [1.165, 1.54) is 18.2 Å². The molecule has 0 amide bonds. The minimum atomic E-state index is -3.80. The van der Waals surface area contributed by atoms with Crippen LogP contribution in [0.15, 0.2) is 45.8 Å². The lowest BCUT2D eigenvalue weighted by Gasteiger charge is -2.10. The molecule has 4 nitrogen and oxygen atoms in total. The van der Waals surface area contributed by atoms with Crippen LogP contribution >= 0.6 is 27.5 Å². The molecule has 2 rings (SSSR count). The van der Waals surface area contributed by atoms with E-state index < -0.39 is 10.0 Å². The number of rotatable bonds is 3. The van der Waals surface area contributed by atoms with E-state index in [9.17, 15) is 13.5 Å². The van der Waals surface area contributed by atoms with Crippen molar-refractivity contribution in [2.24, 2.45) is 0 Å². The van der Waals surface area contributed by atoms with Crippen molar-refractivity contribution in [2.75, 3.05) is 4.72 Å². The molecule has 0 heterocycles. The molecule has 2 aromatic rings. The predicted molar refractivity (Wildman–Crippen MR) is 82.8 cm³/mol. The van der Waals surface area contributed by atoms with Gasteiger partial charge in [-0.1, -0.05) is 33.6 Å². The summed E-state index contributed by atoms with van der Waals surface area (Å²) in [5, 5.41) is 9.71. The van der Waals surface area contributed by atoms with Gasteiger partial charge in [-0.3, -0.25) is 4.72 Å². The molecular formula is C13H11BrClNO3S. The number of aromatic hydroxyl groups is 1. The molecule has 0 aliphatic rings. The van der Waals surface area contributed by atoms with Crippen LogP contribution in [0, 0.1) is 6.92 Å². The summed E-state index contributed by atoms with van der Waals surface area (Å²) in [6, 6.07) is 9.04. The van der Waals surface area contributed by atoms with Gasteiger partial charge >= 0.3 is 0 Å². The third-order valence-electron chi connectivity index (χ3n) is 2.64. The molecule has 0 aliphatic carbocycles. The Balaban J connectivity index is 2.38. The maximum atomic E-state index is 12.2. The highest BCUT2D eigenvalue weighted by atomic mass is 79.9. The van der Waals surface area contributed by atoms with Crippen molar-refractivity contribution in [3.8, 4) is 5.75 Å². The molecule has 7 heteroatoms. The summed E-state index contributed by atoms with van der Waals surface area (Å²) in [7, 11) is -3.80. The van der Waals surface area contributed by atoms with Gasteiger partial charge in [0.15, 0.2) is 0 Å². The zero-order chi connectivity index (χ0) is 14.9. The topological polar surface area (TPSA) is 66.4 Å². The largest absolute Gasteiger partial charge is 0.508 e. The Morgan fingerprint density at radius 1 is 1.20 bits per heavy atom. The molecular weight excluding hydrogens is 366 g/mol. The summed E-state index contributed by atoms with van der Waals surface area (Å²) in [6.45, 7) is 1.72. The lowest BCUT2D eigenvalue weighted by atomic mass is 10.2. The second-order valence-electron chi connectivity index (χ2n) is 4.18. The number of phenols is 1. The summed E-state index contributed by atoms with van der Waals surface area (Å²) in [5.41, 5.74) is 0.932. The van der Waals surface area contributed by atoms with Crippen LogP contribution in [0.3, 0.4) is 0 Å². The van der Waals surface area contributed by atoms with Crippen molar-refractivity contribution < 1.29 is 13.5 Å². The SMILES string of the molecule is Cc1ccc(NS(=O)(=O)c2ccc(Br)cc2Cl)cc1O. The molecule has 0 saturated heterocycles. The Bertz CT molecular complexity index is 762. The van der Waals surface area contributed by atoms with Crippen LogP contribution in [0.2, 0.25) is 5.02 Å². The van der Waals surface area contributed by atoms with Crippen molar-refractivity contribution in [3.63, 3.8) is 0 Å². The van der Waals surface area contributed by atoms with E-state index in [1.807, 2.05) is 0 Å². The van der Waals surface area contributed by atoms with Crippen LogP contribution in [0.1, 0.15) is 5.56 Å². The first-order valence-electron chi connectivity index (χ1n) is 5.57. The summed E-state index contributed by atoms with van der Waals surface area (Å²) in [4.78, 5) is -0.0255. The van der Waals surface area contributed by atoms with Gasteiger partial charge in [0, 0.05) is 10.5 Å². The first kappa shape index (κ1) is 15.2. The molecule has 2 aromatic carbocycles. The summed E-state index contributed by atoms with van der Waals surface area (Å²) in [6.07, 6.45) is 0. The molecule has 0 bridgehead atoms. The molecule has 2 N–H and O–H groups in total. The minimum Gasteiger partial charge on any atom is -0.508 e. The number of phenolic OH excluding ortho intramolecular Hbond substituents is 1. The Kier molecular flexibility index (Phi) is 4.27. The minimum absolute atomic E-state index is 0.0205. The third-order valence-corrected chi connectivity index (χ3v) is 5.00. The van der Waals surface area contributed by atoms with Crippen LogP contribution < -0.4 is 4.72 Å². The molecule has 0 fully saturated rings. The number of nitrogens with one attached hydrogen (secondary N) is 1. The highest BCUT2D eigenvalue weighted by molar-refractivity contribution is 9.10. The van der Waals surface area contributed by atoms with Gasteiger partial charge < -0.3 is 5.11 Å². The molecule has 0 aromatic heterocycles. The van der Waals surface area contributed by atoms with Gasteiger partial charge in [-0.05, 0) is 36.8 Å². The van der Waals surface area contributed by atoms with E-state index >= 15 is 0 Å². The maximum absolute atomic E-state index is 12.2. The number of aryl methyl sites for hydroxylation is 1.